The summed E-state index contributed by atoms with van der Waals surface area (Å²) in [7, 11) is 0. The Hall–Kier alpha value is -3.67. The molecular weight excluding hydrogens is 446 g/mol. The maximum Gasteiger partial charge on any atom is 0.254 e. The number of aromatic nitrogens is 4. The first-order chi connectivity index (χ1) is 16.7. The van der Waals surface area contributed by atoms with Gasteiger partial charge >= 0.3 is 0 Å². The van der Waals surface area contributed by atoms with Crippen molar-refractivity contribution in [1.82, 2.24) is 24.4 Å². The lowest BCUT2D eigenvalue weighted by Crippen LogP contribution is -2.40. The van der Waals surface area contributed by atoms with Crippen LogP contribution in [-0.2, 0) is 4.74 Å². The summed E-state index contributed by atoms with van der Waals surface area (Å²) < 4.78 is 7.32. The van der Waals surface area contributed by atoms with E-state index in [4.69, 9.17) is 4.74 Å². The maximum atomic E-state index is 13.1. The third-order valence-electron chi connectivity index (χ3n) is 5.71. The van der Waals surface area contributed by atoms with E-state index in [1.165, 1.54) is 0 Å². The highest BCUT2D eigenvalue weighted by atomic mass is 32.2. The molecule has 7 nitrogen and oxygen atoms in total. The summed E-state index contributed by atoms with van der Waals surface area (Å²) in [6.45, 7) is 4.17. The first kappa shape index (κ1) is 22.1. The fourth-order valence-corrected chi connectivity index (χ4v) is 4.60. The molecular formula is C26H23N5O2S. The number of carbonyl (C=O) groups excluding carboxylic acids is 1. The Morgan fingerprint density at radius 3 is 2.62 bits per heavy atom. The molecule has 4 aromatic rings. The van der Waals surface area contributed by atoms with Crippen molar-refractivity contribution in [2.75, 3.05) is 32.6 Å². The highest BCUT2D eigenvalue weighted by Crippen LogP contribution is 2.31. The summed E-state index contributed by atoms with van der Waals surface area (Å²) in [5, 5.41) is 1.06. The van der Waals surface area contributed by atoms with Gasteiger partial charge in [-0.1, -0.05) is 12.0 Å². The van der Waals surface area contributed by atoms with Crippen LogP contribution in [0.4, 0.5) is 0 Å². The minimum Gasteiger partial charge on any atom is -0.378 e. The van der Waals surface area contributed by atoms with Crippen LogP contribution in [0.15, 0.2) is 60.0 Å². The Morgan fingerprint density at radius 1 is 1.09 bits per heavy atom. The molecule has 1 aliphatic heterocycles. The number of amides is 1. The molecule has 5 rings (SSSR count). The van der Waals surface area contributed by atoms with Crippen LogP contribution >= 0.6 is 11.8 Å². The van der Waals surface area contributed by atoms with Crippen molar-refractivity contribution >= 4 is 28.6 Å². The Labute approximate surface area is 202 Å². The van der Waals surface area contributed by atoms with Crippen LogP contribution in [0.2, 0.25) is 0 Å². The summed E-state index contributed by atoms with van der Waals surface area (Å²) in [6.07, 6.45) is 9.32. The van der Waals surface area contributed by atoms with Gasteiger partial charge in [0.05, 0.1) is 24.4 Å². The van der Waals surface area contributed by atoms with Gasteiger partial charge in [0, 0.05) is 64.8 Å². The van der Waals surface area contributed by atoms with Gasteiger partial charge in [-0.25, -0.2) is 9.97 Å². The predicted octanol–water partition coefficient (Wildman–Crippen LogP) is 4.05. The second-order valence-corrected chi connectivity index (χ2v) is 8.63. The van der Waals surface area contributed by atoms with Gasteiger partial charge in [0.25, 0.3) is 5.91 Å². The lowest BCUT2D eigenvalue weighted by Gasteiger charge is -2.26. The smallest absolute Gasteiger partial charge is 0.254 e. The fraction of sp³-hybridized carbons (Fsp3) is 0.231. The number of pyridine rings is 1. The lowest BCUT2D eigenvalue weighted by molar-refractivity contribution is 0.0303. The van der Waals surface area contributed by atoms with Gasteiger partial charge in [0.15, 0.2) is 0 Å². The molecule has 0 aliphatic carbocycles. The van der Waals surface area contributed by atoms with E-state index in [9.17, 15) is 4.79 Å². The average molecular weight is 470 g/mol. The number of fused-ring (bicyclic) bond motifs is 1. The molecule has 0 atom stereocenters. The largest absolute Gasteiger partial charge is 0.378 e. The molecule has 34 heavy (non-hydrogen) atoms. The Kier molecular flexibility index (Phi) is 6.30. The summed E-state index contributed by atoms with van der Waals surface area (Å²) in [4.78, 5) is 29.6. The third-order valence-corrected chi connectivity index (χ3v) is 6.48. The molecule has 0 unspecified atom stereocenters. The molecule has 0 N–H and O–H groups in total. The van der Waals surface area contributed by atoms with Crippen LogP contribution in [0, 0.1) is 11.8 Å². The molecule has 0 saturated carbocycles. The lowest BCUT2D eigenvalue weighted by atomic mass is 10.1. The van der Waals surface area contributed by atoms with E-state index in [1.807, 2.05) is 59.2 Å². The van der Waals surface area contributed by atoms with E-state index in [1.54, 1.807) is 30.4 Å². The SMILES string of the molecule is CC#Cc1ccnc(-c2cnc(-n3cc(SC)c4ccc(C(=O)N5CCOCC5)cc43)nc2)c1. The molecule has 170 valence electrons. The number of nitrogens with zero attached hydrogens (tertiary/aromatic N) is 5. The molecule has 4 heterocycles. The minimum absolute atomic E-state index is 0.0149. The van der Waals surface area contributed by atoms with E-state index >= 15 is 0 Å². The quantitative estimate of drug-likeness (QED) is 0.332. The monoisotopic (exact) mass is 469 g/mol. The molecule has 1 aliphatic rings. The number of morpholine rings is 1. The Bertz CT molecular complexity index is 1410. The molecule has 0 bridgehead atoms. The van der Waals surface area contributed by atoms with Crippen molar-refractivity contribution in [2.45, 2.75) is 11.8 Å². The van der Waals surface area contributed by atoms with Crippen LogP contribution in [0.25, 0.3) is 28.1 Å². The molecule has 8 heteroatoms. The number of ether oxygens (including phenoxy) is 1. The summed E-state index contributed by atoms with van der Waals surface area (Å²) in [5.74, 6) is 6.50. The van der Waals surface area contributed by atoms with Crippen molar-refractivity contribution in [3.63, 3.8) is 0 Å². The average Bonchev–Trinajstić information content (AvgIpc) is 3.27. The van der Waals surface area contributed by atoms with Crippen molar-refractivity contribution in [3.8, 4) is 29.0 Å². The standard InChI is InChI=1S/C26H23N5O2S/c1-3-4-18-7-8-27-22(13-18)20-15-28-26(29-16-20)31-17-24(34-2)21-6-5-19(14-23(21)31)25(32)30-9-11-33-12-10-30/h5-8,13-17H,9-12H2,1-2H3. The number of benzene rings is 1. The zero-order chi connectivity index (χ0) is 23.5. The van der Waals surface area contributed by atoms with Gasteiger partial charge in [-0.05, 0) is 37.4 Å². The molecule has 1 saturated heterocycles. The number of rotatable bonds is 4. The van der Waals surface area contributed by atoms with Gasteiger partial charge in [0.1, 0.15) is 0 Å². The first-order valence-electron chi connectivity index (χ1n) is 11.0. The Morgan fingerprint density at radius 2 is 1.88 bits per heavy atom. The molecule has 0 spiro atoms. The molecule has 0 radical (unpaired) electrons. The number of thioether (sulfide) groups is 1. The van der Waals surface area contributed by atoms with Crippen LogP contribution in [0.5, 0.6) is 0 Å². The molecule has 3 aromatic heterocycles. The van der Waals surface area contributed by atoms with E-state index in [0.717, 1.165) is 32.6 Å². The van der Waals surface area contributed by atoms with Crippen molar-refractivity contribution in [2.24, 2.45) is 0 Å². The van der Waals surface area contributed by atoms with Crippen LogP contribution in [0.3, 0.4) is 0 Å². The summed E-state index contributed by atoms with van der Waals surface area (Å²) in [6, 6.07) is 9.63. The predicted molar refractivity (Wildman–Crippen MR) is 133 cm³/mol. The number of hydrogen-bond donors (Lipinski definition) is 0. The van der Waals surface area contributed by atoms with E-state index < -0.39 is 0 Å². The summed E-state index contributed by atoms with van der Waals surface area (Å²) >= 11 is 1.65. The fourth-order valence-electron chi connectivity index (χ4n) is 3.99. The topological polar surface area (TPSA) is 73.1 Å². The first-order valence-corrected chi connectivity index (χ1v) is 12.2. The van der Waals surface area contributed by atoms with Gasteiger partial charge in [0.2, 0.25) is 5.95 Å². The Balaban J connectivity index is 1.51. The molecule has 1 fully saturated rings. The zero-order valence-corrected chi connectivity index (χ0v) is 19.8. The zero-order valence-electron chi connectivity index (χ0n) is 19.0. The normalized spacial score (nSPS) is 13.5. The summed E-state index contributed by atoms with van der Waals surface area (Å²) in [5.41, 5.74) is 4.03. The third kappa shape index (κ3) is 4.28. The number of hydrogen-bond acceptors (Lipinski definition) is 6. The van der Waals surface area contributed by atoms with Crippen LogP contribution < -0.4 is 0 Å². The van der Waals surface area contributed by atoms with Crippen molar-refractivity contribution < 1.29 is 9.53 Å². The van der Waals surface area contributed by atoms with Gasteiger partial charge in [-0.3, -0.25) is 14.3 Å². The van der Waals surface area contributed by atoms with Gasteiger partial charge in [-0.15, -0.1) is 17.7 Å². The van der Waals surface area contributed by atoms with E-state index in [0.29, 0.717) is 37.8 Å². The van der Waals surface area contributed by atoms with Crippen LogP contribution in [-0.4, -0.2) is 62.9 Å². The van der Waals surface area contributed by atoms with E-state index in [-0.39, 0.29) is 5.91 Å². The van der Waals surface area contributed by atoms with E-state index in [2.05, 4.69) is 26.8 Å². The van der Waals surface area contributed by atoms with Crippen molar-refractivity contribution in [1.29, 1.82) is 0 Å². The molecule has 1 aromatic carbocycles. The van der Waals surface area contributed by atoms with Gasteiger partial charge < -0.3 is 9.64 Å². The number of carbonyl (C=O) groups is 1. The maximum absolute atomic E-state index is 13.1. The van der Waals surface area contributed by atoms with Crippen LogP contribution in [0.1, 0.15) is 22.8 Å². The second-order valence-electron chi connectivity index (χ2n) is 7.78. The highest BCUT2D eigenvalue weighted by molar-refractivity contribution is 7.98. The highest BCUT2D eigenvalue weighted by Gasteiger charge is 2.20. The van der Waals surface area contributed by atoms with Gasteiger partial charge in [-0.2, -0.15) is 0 Å². The van der Waals surface area contributed by atoms with Crippen molar-refractivity contribution in [3.05, 3.63) is 66.2 Å². The molecule has 1 amide bonds. The second kappa shape index (κ2) is 9.67. The minimum atomic E-state index is 0.0149.